The van der Waals surface area contributed by atoms with Crippen LogP contribution in [0.3, 0.4) is 0 Å². The van der Waals surface area contributed by atoms with Gasteiger partial charge in [0.25, 0.3) is 0 Å². The van der Waals surface area contributed by atoms with Gasteiger partial charge in [0.2, 0.25) is 0 Å². The molecule has 0 aliphatic carbocycles. The zero-order chi connectivity index (χ0) is 20.8. The smallest absolute Gasteiger partial charge is 0.194 e. The third-order valence-corrected chi connectivity index (χ3v) is 6.02. The summed E-state index contributed by atoms with van der Waals surface area (Å²) in [6.45, 7) is 9.26. The highest BCUT2D eigenvalue weighted by Gasteiger charge is 2.25. The number of aliphatic imine (C=N–C) groups is 1. The van der Waals surface area contributed by atoms with Gasteiger partial charge in [-0.3, -0.25) is 4.99 Å². The Morgan fingerprint density at radius 2 is 2.06 bits per heavy atom. The van der Waals surface area contributed by atoms with Crippen molar-refractivity contribution in [3.63, 3.8) is 0 Å². The van der Waals surface area contributed by atoms with Crippen molar-refractivity contribution in [1.82, 2.24) is 25.0 Å². The van der Waals surface area contributed by atoms with E-state index in [9.17, 15) is 0 Å². The number of hydrogen-bond donors (Lipinski definition) is 1. The monoisotopic (exact) mass is 538 g/mol. The Morgan fingerprint density at radius 1 is 1.19 bits per heavy atom. The lowest BCUT2D eigenvalue weighted by Crippen LogP contribution is -2.48. The fraction of sp³-hybridized carbons (Fsp3) is 0.609. The molecular weight excluding hydrogens is 503 g/mol. The minimum atomic E-state index is 0. The number of ether oxygens (including phenoxy) is 1. The Labute approximate surface area is 202 Å². The molecule has 1 N–H and O–H groups in total. The molecule has 2 aliphatic rings. The fourth-order valence-electron chi connectivity index (χ4n) is 4.40. The van der Waals surface area contributed by atoms with Crippen LogP contribution in [0.25, 0.3) is 0 Å². The van der Waals surface area contributed by atoms with E-state index in [4.69, 9.17) is 9.73 Å². The molecule has 7 nitrogen and oxygen atoms in total. The minimum Gasteiger partial charge on any atom is -0.370 e. The molecular formula is C23H35IN6O. The average Bonchev–Trinajstić information content (AvgIpc) is 2.99. The highest BCUT2D eigenvalue weighted by atomic mass is 127. The van der Waals surface area contributed by atoms with Gasteiger partial charge in [-0.25, -0.2) is 0 Å². The van der Waals surface area contributed by atoms with Gasteiger partial charge in [-0.05, 0) is 37.8 Å². The Hall–Kier alpha value is -1.68. The number of fused-ring (bicyclic) bond motifs is 1. The Kier molecular flexibility index (Phi) is 9.13. The summed E-state index contributed by atoms with van der Waals surface area (Å²) in [6.07, 6.45) is 5.68. The van der Waals surface area contributed by atoms with Gasteiger partial charge in [-0.1, -0.05) is 30.7 Å². The summed E-state index contributed by atoms with van der Waals surface area (Å²) in [4.78, 5) is 7.26. The van der Waals surface area contributed by atoms with Crippen molar-refractivity contribution in [3.05, 3.63) is 47.0 Å². The van der Waals surface area contributed by atoms with Crippen molar-refractivity contribution < 1.29 is 4.74 Å². The second-order valence-electron chi connectivity index (χ2n) is 8.14. The van der Waals surface area contributed by atoms with E-state index in [2.05, 4.69) is 63.1 Å². The normalized spacial score (nSPS) is 19.4. The first kappa shape index (κ1) is 24.0. The van der Waals surface area contributed by atoms with E-state index in [1.807, 2.05) is 0 Å². The van der Waals surface area contributed by atoms with Crippen molar-refractivity contribution in [2.24, 2.45) is 4.99 Å². The van der Waals surface area contributed by atoms with E-state index in [1.165, 1.54) is 30.4 Å². The molecule has 170 valence electrons. The molecule has 4 rings (SSSR count). The summed E-state index contributed by atoms with van der Waals surface area (Å²) < 4.78 is 8.41. The maximum Gasteiger partial charge on any atom is 0.194 e. The van der Waals surface area contributed by atoms with Gasteiger partial charge < -0.3 is 19.5 Å². The van der Waals surface area contributed by atoms with Gasteiger partial charge in [0.05, 0.1) is 13.2 Å². The Bertz CT molecular complexity index is 868. The molecule has 2 aliphatic heterocycles. The quantitative estimate of drug-likeness (QED) is 0.359. The molecule has 0 spiro atoms. The topological polar surface area (TPSA) is 67.6 Å². The second kappa shape index (κ2) is 11.8. The Balaban J connectivity index is 0.00000272. The molecule has 3 heterocycles. The highest BCUT2D eigenvalue weighted by molar-refractivity contribution is 14.0. The standard InChI is InChI=1S/C23H34N6O.HI/c1-3-24-23(25-13-12-22-27-26-21-11-5-4-8-14-29(21)22)28-15-16-30-20(17-28)19-10-7-6-9-18(19)2;/h6-7,9-10,20H,3-5,8,11-17H2,1-2H3,(H,24,25);1H. The van der Waals surface area contributed by atoms with Gasteiger partial charge in [-0.2, -0.15) is 0 Å². The number of rotatable bonds is 5. The lowest BCUT2D eigenvalue weighted by atomic mass is 10.0. The highest BCUT2D eigenvalue weighted by Crippen LogP contribution is 2.25. The summed E-state index contributed by atoms with van der Waals surface area (Å²) >= 11 is 0. The van der Waals surface area contributed by atoms with Crippen LogP contribution >= 0.6 is 24.0 Å². The van der Waals surface area contributed by atoms with Crippen LogP contribution in [0, 0.1) is 6.92 Å². The molecule has 1 atom stereocenters. The summed E-state index contributed by atoms with van der Waals surface area (Å²) in [7, 11) is 0. The van der Waals surface area contributed by atoms with E-state index in [-0.39, 0.29) is 30.1 Å². The zero-order valence-electron chi connectivity index (χ0n) is 18.7. The maximum atomic E-state index is 6.09. The number of halogens is 1. The summed E-state index contributed by atoms with van der Waals surface area (Å²) in [5.41, 5.74) is 2.54. The average molecular weight is 538 g/mol. The van der Waals surface area contributed by atoms with Gasteiger partial charge in [-0.15, -0.1) is 34.2 Å². The van der Waals surface area contributed by atoms with E-state index >= 15 is 0 Å². The lowest BCUT2D eigenvalue weighted by Gasteiger charge is -2.35. The van der Waals surface area contributed by atoms with Gasteiger partial charge in [0.1, 0.15) is 17.8 Å². The fourth-order valence-corrected chi connectivity index (χ4v) is 4.40. The summed E-state index contributed by atoms with van der Waals surface area (Å²) in [5.74, 6) is 3.19. The summed E-state index contributed by atoms with van der Waals surface area (Å²) in [5, 5.41) is 12.3. The molecule has 1 unspecified atom stereocenters. The van der Waals surface area contributed by atoms with Crippen molar-refractivity contribution in [2.45, 2.75) is 58.6 Å². The molecule has 1 saturated heterocycles. The van der Waals surface area contributed by atoms with Crippen molar-refractivity contribution in [3.8, 4) is 0 Å². The molecule has 0 bridgehead atoms. The van der Waals surface area contributed by atoms with E-state index in [0.717, 1.165) is 56.6 Å². The van der Waals surface area contributed by atoms with Crippen molar-refractivity contribution in [1.29, 1.82) is 0 Å². The summed E-state index contributed by atoms with van der Waals surface area (Å²) in [6, 6.07) is 8.49. The molecule has 31 heavy (non-hydrogen) atoms. The molecule has 0 saturated carbocycles. The number of hydrogen-bond acceptors (Lipinski definition) is 4. The molecule has 2 aromatic rings. The van der Waals surface area contributed by atoms with Gasteiger partial charge in [0.15, 0.2) is 5.96 Å². The third kappa shape index (κ3) is 5.97. The number of aromatic nitrogens is 3. The predicted molar refractivity (Wildman–Crippen MR) is 134 cm³/mol. The van der Waals surface area contributed by atoms with Crippen LogP contribution in [0.4, 0.5) is 0 Å². The predicted octanol–water partition coefficient (Wildman–Crippen LogP) is 3.51. The maximum absolute atomic E-state index is 6.09. The number of guanidine groups is 1. The number of aryl methyl sites for hydroxylation is 2. The molecule has 0 radical (unpaired) electrons. The first-order valence-corrected chi connectivity index (χ1v) is 11.4. The van der Waals surface area contributed by atoms with Crippen LogP contribution in [-0.2, 0) is 24.1 Å². The van der Waals surface area contributed by atoms with E-state index < -0.39 is 0 Å². The zero-order valence-corrected chi connectivity index (χ0v) is 21.0. The van der Waals surface area contributed by atoms with Crippen LogP contribution < -0.4 is 5.32 Å². The van der Waals surface area contributed by atoms with E-state index in [0.29, 0.717) is 13.2 Å². The lowest BCUT2D eigenvalue weighted by molar-refractivity contribution is -0.00832. The van der Waals surface area contributed by atoms with E-state index in [1.54, 1.807) is 0 Å². The minimum absolute atomic E-state index is 0. The van der Waals surface area contributed by atoms with Crippen molar-refractivity contribution in [2.75, 3.05) is 32.8 Å². The number of benzene rings is 1. The van der Waals surface area contributed by atoms with Crippen LogP contribution in [-0.4, -0.2) is 58.4 Å². The Morgan fingerprint density at radius 3 is 2.90 bits per heavy atom. The number of morpholine rings is 1. The second-order valence-corrected chi connectivity index (χ2v) is 8.14. The van der Waals surface area contributed by atoms with Crippen LogP contribution in [0.1, 0.15) is 55.1 Å². The first-order chi connectivity index (χ1) is 14.8. The van der Waals surface area contributed by atoms with Crippen LogP contribution in [0.15, 0.2) is 29.3 Å². The SMILES string of the molecule is CCNC(=NCCc1nnc2n1CCCCC2)N1CCOC(c2ccccc2C)C1.I. The molecule has 8 heteroatoms. The number of nitrogens with one attached hydrogen (secondary N) is 1. The van der Waals surface area contributed by atoms with Crippen LogP contribution in [0.2, 0.25) is 0 Å². The van der Waals surface area contributed by atoms with Gasteiger partial charge >= 0.3 is 0 Å². The molecule has 0 amide bonds. The molecule has 1 fully saturated rings. The largest absolute Gasteiger partial charge is 0.370 e. The number of nitrogens with zero attached hydrogens (tertiary/aromatic N) is 5. The van der Waals surface area contributed by atoms with Crippen molar-refractivity contribution >= 4 is 29.9 Å². The van der Waals surface area contributed by atoms with Crippen LogP contribution in [0.5, 0.6) is 0 Å². The third-order valence-electron chi connectivity index (χ3n) is 6.02. The van der Waals surface area contributed by atoms with Gasteiger partial charge in [0, 0.05) is 39.0 Å². The molecule has 1 aromatic carbocycles. The molecule has 1 aromatic heterocycles. The first-order valence-electron chi connectivity index (χ1n) is 11.4.